The molecule has 51 nitrogen and oxygen atoms in total. The number of aliphatic hydroxyl groups is 24. The summed E-state index contributed by atoms with van der Waals surface area (Å²) >= 11 is 0. The Bertz CT molecular complexity index is 3100. The maximum atomic E-state index is 13.0. The molecule has 9 fully saturated rings. The second kappa shape index (κ2) is 41.5. The predicted molar refractivity (Wildman–Crippen MR) is 355 cm³/mol. The quantitative estimate of drug-likeness (QED) is 0.0318. The number of nitrogens with one attached hydrogen (secondary N) is 5. The highest BCUT2D eigenvalue weighted by Crippen LogP contribution is 2.40. The van der Waals surface area contributed by atoms with Crippen LogP contribution in [0.2, 0.25) is 0 Å². The summed E-state index contributed by atoms with van der Waals surface area (Å²) in [6, 6.07) is -9.10. The zero-order valence-corrected chi connectivity index (χ0v) is 62.1. The molecule has 9 rings (SSSR count). The van der Waals surface area contributed by atoms with E-state index in [2.05, 4.69) is 26.6 Å². The maximum absolute atomic E-state index is 13.0. The van der Waals surface area contributed by atoms with Crippen molar-refractivity contribution in [3.63, 3.8) is 0 Å². The maximum Gasteiger partial charge on any atom is 0.217 e. The van der Waals surface area contributed by atoms with Crippen molar-refractivity contribution in [1.82, 2.24) is 26.6 Å². The van der Waals surface area contributed by atoms with Gasteiger partial charge in [0.25, 0.3) is 0 Å². The first kappa shape index (κ1) is 94.6. The molecular formula is C64H107N5O46. The molecule has 0 unspecified atom stereocenters. The van der Waals surface area contributed by atoms with Crippen LogP contribution < -0.4 is 26.6 Å². The SMILES string of the molecule is CC(=O)N[C@@H]1[C@@H](O)[C@H](O[C@@H]2O[C@H](CO)[C@@H](O[C@@H]3O[C@H](CO[C@H]4O[C@H](CO)[C@@H](O)[C@H](O)[C@@H]4O[C@@H]4O[C@H](CO)[C@@H](O[C@@H]5O[C@H](CO)[C@H](O)[C@H](O)[C@H]5NC(C)=O)[C@H](O)[C@H]4NC(C)=O)[C@@H](O)[C@H](O[C@H]4O[C@H](CO)[C@@H](O)[C@H](O)[C@@H]4O[C@@H]4O[C@H](CO)[C@@H](O[C@@H]5O[C@H](CO)[C@H](O)[C@H](O)[C@H]5O)[C@H](O)[C@H]4NC(C)=O)[C@@H]3O)[C@H](O)[C@H]2NC(C)=O)[C@@H](CO)O[C@H]1O. The number of rotatable bonds is 30. The van der Waals surface area contributed by atoms with Gasteiger partial charge in [-0.3, -0.25) is 24.0 Å². The minimum atomic E-state index is -2.58. The fourth-order valence-corrected chi connectivity index (χ4v) is 14.9. The molecule has 9 aliphatic heterocycles. The van der Waals surface area contributed by atoms with Gasteiger partial charge in [-0.15, -0.1) is 0 Å². The van der Waals surface area contributed by atoms with Gasteiger partial charge in [-0.1, -0.05) is 0 Å². The van der Waals surface area contributed by atoms with Gasteiger partial charge in [-0.2, -0.15) is 0 Å². The minimum absolute atomic E-state index is 0.790. The van der Waals surface area contributed by atoms with Crippen LogP contribution in [0.25, 0.3) is 0 Å². The number of amides is 5. The van der Waals surface area contributed by atoms with E-state index < -0.39 is 365 Å². The summed E-state index contributed by atoms with van der Waals surface area (Å²) in [5, 5.41) is 280. The van der Waals surface area contributed by atoms with Crippen LogP contribution in [0.1, 0.15) is 34.6 Å². The molecule has 0 aliphatic carbocycles. The van der Waals surface area contributed by atoms with Gasteiger partial charge in [-0.25, -0.2) is 0 Å². The Labute approximate surface area is 651 Å². The lowest BCUT2D eigenvalue weighted by Crippen LogP contribution is -2.71. The molecule has 0 saturated carbocycles. The lowest BCUT2D eigenvalue weighted by Gasteiger charge is -2.51. The van der Waals surface area contributed by atoms with Crippen molar-refractivity contribution in [2.75, 3.05) is 59.5 Å². The number of hydrogen-bond acceptors (Lipinski definition) is 46. The second-order valence-electron chi connectivity index (χ2n) is 28.9. The summed E-state index contributed by atoms with van der Waals surface area (Å²) in [7, 11) is 0. The Morgan fingerprint density at radius 2 is 0.478 bits per heavy atom. The zero-order chi connectivity index (χ0) is 84.8. The summed E-state index contributed by atoms with van der Waals surface area (Å²) in [6.07, 6.45) is -83.0. The molecule has 9 aliphatic rings. The second-order valence-corrected chi connectivity index (χ2v) is 28.9. The third-order valence-corrected chi connectivity index (χ3v) is 20.8. The van der Waals surface area contributed by atoms with Crippen LogP contribution in [0.4, 0.5) is 0 Å². The van der Waals surface area contributed by atoms with E-state index >= 15 is 0 Å². The molecule has 29 N–H and O–H groups in total. The summed E-state index contributed by atoms with van der Waals surface area (Å²) in [6.45, 7) is -5.02. The normalized spacial score (nSPS) is 47.9. The van der Waals surface area contributed by atoms with E-state index in [9.17, 15) is 147 Å². The standard InChI is InChI=1S/C64H107N5O46/c1-15(78)65-29-40(89)49(24(10-74)100-56(29)98)109-58-31(67-17(3)80)42(91)52(27(13-77)105-58)112-62-48(97)53(113-64-55(46(95)37(86)23(9-73)104-64)115-60-33(69-19(5)82)43(92)51(26(12-76)107-60)111-61-47(96)44(93)35(84)21(7-71)102-61)38(87)28(108-62)14-99-63-54(45(94)36(85)22(8-72)103-63)114-59-32(68-18(4)81)41(90)50(25(11-75)106-59)110-57-30(66-16(2)79)39(88)34(83)20(6-70)101-57/h20-64,70-77,83-98H,6-14H2,1-5H3,(H,65,78)(H,66,79)(H,67,80)(H,68,81)(H,69,82)/t20-,21-,22-,23-,24-,25-,26-,27-,28-,29-,30-,31-,32-,33-,34+,35+,36-,37-,38-,39-,40-,41-,42-,43-,44+,45+,46+,47-,48+,49-,50-,51-,52-,53+,54+,55+,56-,57+,58+,59+,60+,61+,62+,63+,64-/m1/s1. The van der Waals surface area contributed by atoms with Crippen LogP contribution in [-0.2, 0) is 104 Å². The summed E-state index contributed by atoms with van der Waals surface area (Å²) in [5.74, 6) is -4.43. The molecule has 0 spiro atoms. The van der Waals surface area contributed by atoms with E-state index in [1.807, 2.05) is 0 Å². The molecular weight excluding hydrogens is 1570 g/mol. The summed E-state index contributed by atoms with van der Waals surface area (Å²) in [5.41, 5.74) is 0. The highest BCUT2D eigenvalue weighted by molar-refractivity contribution is 5.75. The van der Waals surface area contributed by atoms with Crippen molar-refractivity contribution in [1.29, 1.82) is 0 Å². The van der Waals surface area contributed by atoms with Crippen LogP contribution in [-0.4, -0.2) is 488 Å². The van der Waals surface area contributed by atoms with E-state index in [0.717, 1.165) is 34.6 Å². The van der Waals surface area contributed by atoms with E-state index in [4.69, 9.17) is 80.5 Å². The molecule has 5 amide bonds. The molecule has 0 aromatic carbocycles. The van der Waals surface area contributed by atoms with Crippen molar-refractivity contribution in [2.45, 2.75) is 311 Å². The van der Waals surface area contributed by atoms with Crippen LogP contribution in [0.5, 0.6) is 0 Å². The molecule has 0 aromatic heterocycles. The van der Waals surface area contributed by atoms with Crippen molar-refractivity contribution in [3.05, 3.63) is 0 Å². The van der Waals surface area contributed by atoms with Crippen LogP contribution in [0, 0.1) is 0 Å². The lowest BCUT2D eigenvalue weighted by atomic mass is 9.93. The largest absolute Gasteiger partial charge is 0.394 e. The molecule has 0 aromatic rings. The van der Waals surface area contributed by atoms with Gasteiger partial charge in [0.15, 0.2) is 56.6 Å². The zero-order valence-electron chi connectivity index (χ0n) is 62.1. The number of carbonyl (C=O) groups is 5. The Hall–Kier alpha value is -4.29. The third kappa shape index (κ3) is 21.3. The molecule has 9 saturated heterocycles. The number of carbonyl (C=O) groups excluding carboxylic acids is 5. The van der Waals surface area contributed by atoms with E-state index in [1.54, 1.807) is 0 Å². The van der Waals surface area contributed by atoms with E-state index in [0.29, 0.717) is 0 Å². The van der Waals surface area contributed by atoms with Gasteiger partial charge >= 0.3 is 0 Å². The van der Waals surface area contributed by atoms with Crippen LogP contribution >= 0.6 is 0 Å². The highest BCUT2D eigenvalue weighted by atomic mass is 16.8. The predicted octanol–water partition coefficient (Wildman–Crippen LogP) is -19.9. The molecule has 115 heavy (non-hydrogen) atoms. The summed E-state index contributed by atoms with van der Waals surface area (Å²) < 4.78 is 101. The van der Waals surface area contributed by atoms with Gasteiger partial charge in [0.2, 0.25) is 29.5 Å². The van der Waals surface area contributed by atoms with E-state index in [1.165, 1.54) is 0 Å². The summed E-state index contributed by atoms with van der Waals surface area (Å²) in [4.78, 5) is 63.4. The number of aliphatic hydroxyl groups excluding tert-OH is 24. The molecule has 0 bridgehead atoms. The van der Waals surface area contributed by atoms with Crippen molar-refractivity contribution < 1.29 is 227 Å². The average Bonchev–Trinajstić information content (AvgIpc) is 0.767. The van der Waals surface area contributed by atoms with Gasteiger partial charge in [-0.05, 0) is 0 Å². The van der Waals surface area contributed by atoms with Crippen LogP contribution in [0.15, 0.2) is 0 Å². The first-order valence-electron chi connectivity index (χ1n) is 36.6. The van der Waals surface area contributed by atoms with Gasteiger partial charge in [0, 0.05) is 34.6 Å². The van der Waals surface area contributed by atoms with Crippen molar-refractivity contribution in [3.8, 4) is 0 Å². The Kier molecular flexibility index (Phi) is 34.1. The lowest BCUT2D eigenvalue weighted by molar-refractivity contribution is -0.399. The highest BCUT2D eigenvalue weighted by Gasteiger charge is 2.61. The van der Waals surface area contributed by atoms with Gasteiger partial charge in [0.1, 0.15) is 219 Å². The smallest absolute Gasteiger partial charge is 0.217 e. The number of ether oxygens (including phenoxy) is 17. The Balaban J connectivity index is 1.06. The topological polar surface area (TPSA) is 788 Å². The minimum Gasteiger partial charge on any atom is -0.394 e. The molecule has 0 radical (unpaired) electrons. The van der Waals surface area contributed by atoms with E-state index in [-0.39, 0.29) is 0 Å². The first-order valence-corrected chi connectivity index (χ1v) is 36.6. The molecule has 51 heteroatoms. The van der Waals surface area contributed by atoms with Crippen molar-refractivity contribution >= 4 is 29.5 Å². The van der Waals surface area contributed by atoms with Gasteiger partial charge < -0.3 is 230 Å². The van der Waals surface area contributed by atoms with Crippen molar-refractivity contribution in [2.24, 2.45) is 0 Å². The average molecular weight is 1680 g/mol. The monoisotopic (exact) mass is 1680 g/mol. The third-order valence-electron chi connectivity index (χ3n) is 20.8. The Morgan fingerprint density at radius 3 is 0.852 bits per heavy atom. The fraction of sp³-hybridized carbons (Fsp3) is 0.922. The Morgan fingerprint density at radius 1 is 0.226 bits per heavy atom. The fourth-order valence-electron chi connectivity index (χ4n) is 14.9. The first-order chi connectivity index (χ1) is 54.4. The molecule has 664 valence electrons. The van der Waals surface area contributed by atoms with Gasteiger partial charge in [0.05, 0.1) is 59.5 Å². The van der Waals surface area contributed by atoms with Crippen LogP contribution in [0.3, 0.4) is 0 Å². The number of hydrogen-bond donors (Lipinski definition) is 29. The molecule has 9 heterocycles. The molecule has 45 atom stereocenters.